The third-order valence-electron chi connectivity index (χ3n) is 11.9. The highest BCUT2D eigenvalue weighted by atomic mass is 28.3. The van der Waals surface area contributed by atoms with Crippen LogP contribution >= 0.6 is 0 Å². The van der Waals surface area contributed by atoms with Crippen LogP contribution in [0.25, 0.3) is 0 Å². The Balaban J connectivity index is 2.51. The average Bonchev–Trinajstić information content (AvgIpc) is 3.48. The minimum absolute atomic E-state index is 0.00561. The maximum absolute atomic E-state index is 2.98. The molecule has 0 bridgehead atoms. The van der Waals surface area contributed by atoms with Crippen LogP contribution < -0.4 is 15.6 Å². The van der Waals surface area contributed by atoms with Gasteiger partial charge in [0.2, 0.25) is 0 Å². The van der Waals surface area contributed by atoms with Gasteiger partial charge in [0.25, 0.3) is 0 Å². The van der Waals surface area contributed by atoms with E-state index < -0.39 is 8.07 Å². The summed E-state index contributed by atoms with van der Waals surface area (Å²) in [5, 5.41) is 6.31. The molecular weight excluding hydrogens is 641 g/mol. The van der Waals surface area contributed by atoms with Crippen molar-refractivity contribution in [3.8, 4) is 0 Å². The predicted molar refractivity (Wildman–Crippen MR) is 236 cm³/mol. The van der Waals surface area contributed by atoms with Gasteiger partial charge in [-0.1, -0.05) is 210 Å². The maximum atomic E-state index is 2.67. The molecule has 0 saturated heterocycles. The van der Waals surface area contributed by atoms with Gasteiger partial charge in [-0.2, -0.15) is 0 Å². The summed E-state index contributed by atoms with van der Waals surface area (Å²) in [6.45, 7) is 48.1. The fourth-order valence-corrected chi connectivity index (χ4v) is 13.2. The number of hydrogen-bond acceptors (Lipinski definition) is 0. The van der Waals surface area contributed by atoms with Crippen LogP contribution in [-0.4, -0.2) is 8.07 Å². The summed E-state index contributed by atoms with van der Waals surface area (Å²) in [6.07, 6.45) is 7.15. The van der Waals surface area contributed by atoms with E-state index in [1.807, 2.05) is 0 Å². The molecule has 1 heteroatoms. The van der Waals surface area contributed by atoms with Gasteiger partial charge in [-0.05, 0) is 106 Å². The number of allylic oxidation sites excluding steroid dienone is 4. The minimum Gasteiger partial charge on any atom is -0.0805 e. The monoisotopic (exact) mass is 717 g/mol. The van der Waals surface area contributed by atoms with Crippen LogP contribution in [0.15, 0.2) is 77.5 Å². The zero-order valence-corrected chi connectivity index (χ0v) is 38.3. The van der Waals surface area contributed by atoms with Crippen molar-refractivity contribution in [1.82, 2.24) is 0 Å². The lowest BCUT2D eigenvalue weighted by Gasteiger charge is -2.41. The van der Waals surface area contributed by atoms with Gasteiger partial charge in [0, 0.05) is 0 Å². The second kappa shape index (κ2) is 13.9. The third kappa shape index (κ3) is 8.51. The first kappa shape index (κ1) is 42.1. The van der Waals surface area contributed by atoms with Gasteiger partial charge >= 0.3 is 0 Å². The first-order valence-corrected chi connectivity index (χ1v) is 22.3. The van der Waals surface area contributed by atoms with Gasteiger partial charge in [0.15, 0.2) is 8.07 Å². The molecule has 0 N–H and O–H groups in total. The van der Waals surface area contributed by atoms with E-state index in [0.717, 1.165) is 12.8 Å². The normalized spacial score (nSPS) is 15.8. The maximum Gasteiger partial charge on any atom is 0.176 e. The second-order valence-electron chi connectivity index (χ2n) is 22.5. The molecule has 1 aliphatic carbocycles. The quantitative estimate of drug-likeness (QED) is 0.176. The Kier molecular flexibility index (Phi) is 11.2. The Labute approximate surface area is 323 Å². The molecule has 3 aromatic rings. The van der Waals surface area contributed by atoms with Gasteiger partial charge < -0.3 is 0 Å². The highest BCUT2D eigenvalue weighted by Crippen LogP contribution is 2.39. The second-order valence-corrected chi connectivity index (χ2v) is 26.3. The summed E-state index contributed by atoms with van der Waals surface area (Å²) >= 11 is 0. The smallest absolute Gasteiger partial charge is 0.0805 e. The molecule has 0 fully saturated rings. The molecule has 4 rings (SSSR count). The van der Waals surface area contributed by atoms with Crippen LogP contribution in [0.2, 0.25) is 0 Å². The van der Waals surface area contributed by atoms with Gasteiger partial charge in [-0.3, -0.25) is 0 Å². The van der Waals surface area contributed by atoms with E-state index in [9.17, 15) is 0 Å². The number of benzene rings is 3. The van der Waals surface area contributed by atoms with Gasteiger partial charge in [-0.25, -0.2) is 0 Å². The summed E-state index contributed by atoms with van der Waals surface area (Å²) in [6, 6.07) is 23.6. The average molecular weight is 717 g/mol. The van der Waals surface area contributed by atoms with E-state index in [0.29, 0.717) is 5.92 Å². The highest BCUT2D eigenvalue weighted by Gasteiger charge is 2.48. The van der Waals surface area contributed by atoms with Crippen molar-refractivity contribution in [3.63, 3.8) is 0 Å². The van der Waals surface area contributed by atoms with E-state index in [2.05, 4.69) is 205 Å². The van der Waals surface area contributed by atoms with Gasteiger partial charge in [0.05, 0.1) is 0 Å². The van der Waals surface area contributed by atoms with Gasteiger partial charge in [0.1, 0.15) is 0 Å². The first-order chi connectivity index (χ1) is 23.4. The Hall–Kier alpha value is -2.64. The molecule has 1 aliphatic rings. The van der Waals surface area contributed by atoms with Crippen LogP contribution in [0.3, 0.4) is 0 Å². The molecule has 0 nitrogen and oxygen atoms in total. The lowest BCUT2D eigenvalue weighted by molar-refractivity contribution is 0.569. The fraction of sp³-hybridized carbons (Fsp3) is 0.569. The van der Waals surface area contributed by atoms with Crippen molar-refractivity contribution in [3.05, 3.63) is 111 Å². The molecule has 0 aromatic heterocycles. The molecule has 0 amide bonds. The molecule has 0 saturated carbocycles. The molecule has 1 atom stereocenters. The van der Waals surface area contributed by atoms with Crippen LogP contribution in [0.4, 0.5) is 0 Å². The van der Waals surface area contributed by atoms with Crippen molar-refractivity contribution in [2.24, 2.45) is 5.92 Å². The topological polar surface area (TPSA) is 0 Å². The molecule has 284 valence electrons. The highest BCUT2D eigenvalue weighted by molar-refractivity contribution is 7.16. The summed E-state index contributed by atoms with van der Waals surface area (Å²) in [4.78, 5) is 0. The van der Waals surface area contributed by atoms with E-state index in [-0.39, 0.29) is 32.5 Å². The van der Waals surface area contributed by atoms with E-state index in [1.165, 1.54) is 33.4 Å². The van der Waals surface area contributed by atoms with Crippen molar-refractivity contribution in [2.75, 3.05) is 0 Å². The molecule has 0 radical (unpaired) electrons. The van der Waals surface area contributed by atoms with Crippen molar-refractivity contribution >= 4 is 23.6 Å². The molecular formula is C51H76Si. The van der Waals surface area contributed by atoms with E-state index in [1.54, 1.807) is 26.3 Å². The molecule has 3 aromatic carbocycles. The van der Waals surface area contributed by atoms with Crippen molar-refractivity contribution < 1.29 is 0 Å². The van der Waals surface area contributed by atoms with Crippen molar-refractivity contribution in [2.45, 2.75) is 184 Å². The summed E-state index contributed by atoms with van der Waals surface area (Å²) in [7, 11) is -2.98. The van der Waals surface area contributed by atoms with Crippen molar-refractivity contribution in [1.29, 1.82) is 0 Å². The predicted octanol–water partition coefficient (Wildman–Crippen LogP) is 12.8. The molecule has 0 heterocycles. The zero-order chi connectivity index (χ0) is 39.6. The van der Waals surface area contributed by atoms with Crippen LogP contribution in [0.1, 0.15) is 185 Å². The van der Waals surface area contributed by atoms with Gasteiger partial charge in [-0.15, -0.1) is 0 Å². The lowest BCUT2D eigenvalue weighted by Crippen LogP contribution is -2.69. The number of hydrogen-bond donors (Lipinski definition) is 0. The molecule has 52 heavy (non-hydrogen) atoms. The molecule has 0 aliphatic heterocycles. The summed E-state index contributed by atoms with van der Waals surface area (Å²) in [5.74, 6) is 0.481. The molecule has 0 spiro atoms. The van der Waals surface area contributed by atoms with Crippen LogP contribution in [-0.2, 0) is 32.5 Å². The Morgan fingerprint density at radius 3 is 0.904 bits per heavy atom. The molecule has 1 unspecified atom stereocenters. The number of rotatable bonds is 6. The largest absolute Gasteiger partial charge is 0.176 e. The third-order valence-corrected chi connectivity index (χ3v) is 16.7. The van der Waals surface area contributed by atoms with Crippen LogP contribution in [0.5, 0.6) is 0 Å². The van der Waals surface area contributed by atoms with Crippen LogP contribution in [0, 0.1) is 5.92 Å². The Morgan fingerprint density at radius 2 is 0.692 bits per heavy atom. The zero-order valence-electron chi connectivity index (χ0n) is 37.3. The Morgan fingerprint density at radius 1 is 0.442 bits per heavy atom. The van der Waals surface area contributed by atoms with E-state index in [4.69, 9.17) is 0 Å². The summed E-state index contributed by atoms with van der Waals surface area (Å²) < 4.78 is 0. The Bertz CT molecular complexity index is 1550. The SMILES string of the molecule is CCC(C)C1=C([Si](c2cc(C(C)(C)C)cc(C(C)(C)C)c2)(c2cc(C(C)(C)C)cc(C(C)(C)C)c2)c2cc(C(C)(C)C)cc(C(C)(C)C)c2)CC=C1. The standard InChI is InChI=1S/C51H76Si/c1-21-34(2)44-23-22-24-45(44)52(41-28-35(46(3,4)5)25-36(29-41)47(6,7)8,42-30-37(48(9,10)11)26-38(31-42)49(12,13)14)43-32-39(50(15,16)17)27-40(33-43)51(18,19)20/h22-23,25-34H,21,24H2,1-20H3. The minimum atomic E-state index is -2.98. The fourth-order valence-electron chi connectivity index (χ4n) is 7.73. The van der Waals surface area contributed by atoms with E-state index >= 15 is 0 Å². The lowest BCUT2D eigenvalue weighted by atomic mass is 9.80. The first-order valence-electron chi connectivity index (χ1n) is 20.3. The summed E-state index contributed by atoms with van der Waals surface area (Å²) in [5.41, 5.74) is 10.2.